The second-order valence-corrected chi connectivity index (χ2v) is 7.14. The maximum absolute atomic E-state index is 12.9. The molecule has 2 aromatic heterocycles. The van der Waals surface area contributed by atoms with Crippen molar-refractivity contribution in [2.24, 2.45) is 0 Å². The third-order valence-electron chi connectivity index (χ3n) is 5.06. The second kappa shape index (κ2) is 7.56. The van der Waals surface area contributed by atoms with Crippen molar-refractivity contribution in [2.45, 2.75) is 12.6 Å². The van der Waals surface area contributed by atoms with Crippen LogP contribution in [0.4, 0.5) is 5.69 Å². The summed E-state index contributed by atoms with van der Waals surface area (Å²) in [6.45, 7) is 0.345. The molecule has 1 atom stereocenters. The van der Waals surface area contributed by atoms with Crippen LogP contribution in [0.5, 0.6) is 5.75 Å². The molecule has 5 rings (SSSR count). The van der Waals surface area contributed by atoms with Crippen LogP contribution in [0.2, 0.25) is 0 Å². The number of anilines is 1. The number of amides is 2. The Balaban J connectivity index is 1.31. The average molecular weight is 418 g/mol. The fraction of sp³-hybridized carbons (Fsp3) is 0.190. The number of likely N-dealkylation sites (N-methyl/N-ethyl adjacent to an activating group) is 1. The first-order valence-electron chi connectivity index (χ1n) is 9.63. The number of rotatable bonds is 4. The summed E-state index contributed by atoms with van der Waals surface area (Å²) in [5, 5.41) is 15.3. The summed E-state index contributed by atoms with van der Waals surface area (Å²) in [5.74, 6) is -0.534. The highest BCUT2D eigenvalue weighted by Crippen LogP contribution is 2.35. The number of carbonyl (C=O) groups excluding carboxylic acids is 2. The second-order valence-electron chi connectivity index (χ2n) is 7.14. The number of nitrogens with zero attached hydrogens (tertiary/aromatic N) is 5. The third kappa shape index (κ3) is 3.59. The SMILES string of the molecule is CN1C(=O)[C@@H](NC(=O)c2nnn(Cc3ccccc3)n2)COc2cc3occc3cc21. The Morgan fingerprint density at radius 3 is 2.90 bits per heavy atom. The van der Waals surface area contributed by atoms with Crippen molar-refractivity contribution >= 4 is 28.5 Å². The van der Waals surface area contributed by atoms with E-state index < -0.39 is 11.9 Å². The summed E-state index contributed by atoms with van der Waals surface area (Å²) < 4.78 is 11.2. The molecule has 0 unspecified atom stereocenters. The van der Waals surface area contributed by atoms with Crippen LogP contribution in [0.25, 0.3) is 11.0 Å². The maximum Gasteiger partial charge on any atom is 0.293 e. The van der Waals surface area contributed by atoms with Crippen molar-refractivity contribution in [3.63, 3.8) is 0 Å². The quantitative estimate of drug-likeness (QED) is 0.535. The number of fused-ring (bicyclic) bond motifs is 2. The van der Waals surface area contributed by atoms with Crippen molar-refractivity contribution < 1.29 is 18.7 Å². The zero-order valence-corrected chi connectivity index (χ0v) is 16.6. The zero-order valence-electron chi connectivity index (χ0n) is 16.6. The minimum Gasteiger partial charge on any atom is -0.489 e. The zero-order chi connectivity index (χ0) is 21.4. The molecular weight excluding hydrogens is 400 g/mol. The van der Waals surface area contributed by atoms with Crippen LogP contribution in [-0.2, 0) is 11.3 Å². The molecule has 1 N–H and O–H groups in total. The molecule has 2 aromatic carbocycles. The fourth-order valence-electron chi connectivity index (χ4n) is 3.43. The lowest BCUT2D eigenvalue weighted by Gasteiger charge is -2.19. The predicted octanol–water partition coefficient (Wildman–Crippen LogP) is 1.62. The first-order valence-corrected chi connectivity index (χ1v) is 9.63. The van der Waals surface area contributed by atoms with E-state index in [0.29, 0.717) is 23.6 Å². The van der Waals surface area contributed by atoms with Crippen LogP contribution in [0.3, 0.4) is 0 Å². The van der Waals surface area contributed by atoms with Gasteiger partial charge in [0, 0.05) is 18.5 Å². The highest BCUT2D eigenvalue weighted by Gasteiger charge is 2.32. The molecule has 4 aromatic rings. The number of furan rings is 1. The third-order valence-corrected chi connectivity index (χ3v) is 5.06. The standard InChI is InChI=1S/C21H18N6O4/c1-26-16-9-14-7-8-30-17(14)10-18(16)31-12-15(21(26)29)22-20(28)19-23-25-27(24-19)11-13-5-3-2-4-6-13/h2-10,15H,11-12H2,1H3,(H,22,28)/t15-/m0/s1. The van der Waals surface area contributed by atoms with Crippen LogP contribution < -0.4 is 15.0 Å². The first-order chi connectivity index (χ1) is 15.1. The van der Waals surface area contributed by atoms with Gasteiger partial charge in [0.2, 0.25) is 0 Å². The van der Waals surface area contributed by atoms with Crippen molar-refractivity contribution in [2.75, 3.05) is 18.6 Å². The normalized spacial score (nSPS) is 16.0. The minimum atomic E-state index is -0.905. The number of ether oxygens (including phenoxy) is 1. The highest BCUT2D eigenvalue weighted by atomic mass is 16.5. The van der Waals surface area contributed by atoms with Gasteiger partial charge in [-0.15, -0.1) is 10.2 Å². The van der Waals surface area contributed by atoms with E-state index in [4.69, 9.17) is 9.15 Å². The van der Waals surface area contributed by atoms with Crippen LogP contribution in [0, 0.1) is 0 Å². The molecule has 0 bridgehead atoms. The monoisotopic (exact) mass is 418 g/mol. The van der Waals surface area contributed by atoms with Gasteiger partial charge in [-0.1, -0.05) is 30.3 Å². The molecule has 3 heterocycles. The van der Waals surface area contributed by atoms with Gasteiger partial charge < -0.3 is 19.4 Å². The summed E-state index contributed by atoms with van der Waals surface area (Å²) in [4.78, 5) is 28.4. The first kappa shape index (κ1) is 18.8. The van der Waals surface area contributed by atoms with E-state index in [9.17, 15) is 9.59 Å². The van der Waals surface area contributed by atoms with E-state index >= 15 is 0 Å². The van der Waals surface area contributed by atoms with E-state index in [1.807, 2.05) is 42.5 Å². The van der Waals surface area contributed by atoms with Gasteiger partial charge in [0.1, 0.15) is 24.0 Å². The molecule has 1 aliphatic heterocycles. The molecule has 0 saturated carbocycles. The maximum atomic E-state index is 12.9. The van der Waals surface area contributed by atoms with Gasteiger partial charge in [0.15, 0.2) is 0 Å². The Kier molecular flexibility index (Phi) is 4.58. The number of tetrazole rings is 1. The number of benzene rings is 2. The smallest absolute Gasteiger partial charge is 0.293 e. The van der Waals surface area contributed by atoms with Gasteiger partial charge in [-0.05, 0) is 22.9 Å². The lowest BCUT2D eigenvalue weighted by molar-refractivity contribution is -0.120. The molecule has 0 saturated heterocycles. The summed E-state index contributed by atoms with van der Waals surface area (Å²) in [6.07, 6.45) is 1.58. The number of aromatic nitrogens is 4. The molecule has 10 nitrogen and oxygen atoms in total. The number of hydrogen-bond donors (Lipinski definition) is 1. The van der Waals surface area contributed by atoms with Crippen LogP contribution in [0.1, 0.15) is 16.2 Å². The summed E-state index contributed by atoms with van der Waals surface area (Å²) in [6, 6.07) is 14.0. The lowest BCUT2D eigenvalue weighted by atomic mass is 10.2. The number of carbonyl (C=O) groups is 2. The Hall–Kier alpha value is -4.21. The van der Waals surface area contributed by atoms with Gasteiger partial charge >= 0.3 is 0 Å². The predicted molar refractivity (Wildman–Crippen MR) is 110 cm³/mol. The van der Waals surface area contributed by atoms with Crippen LogP contribution in [0.15, 0.2) is 59.2 Å². The van der Waals surface area contributed by atoms with Gasteiger partial charge in [0.25, 0.3) is 17.6 Å². The molecule has 156 valence electrons. The van der Waals surface area contributed by atoms with E-state index in [0.717, 1.165) is 10.9 Å². The molecule has 10 heteroatoms. The minimum absolute atomic E-state index is 0.0354. The van der Waals surface area contributed by atoms with Crippen molar-refractivity contribution in [3.8, 4) is 5.75 Å². The molecular formula is C21H18N6O4. The molecule has 0 radical (unpaired) electrons. The Morgan fingerprint density at radius 2 is 2.06 bits per heavy atom. The van der Waals surface area contributed by atoms with Crippen LogP contribution in [-0.4, -0.2) is 51.7 Å². The summed E-state index contributed by atoms with van der Waals surface area (Å²) in [7, 11) is 1.63. The Bertz CT molecular complexity index is 1270. The van der Waals surface area contributed by atoms with Crippen LogP contribution >= 0.6 is 0 Å². The molecule has 0 fully saturated rings. The molecule has 1 aliphatic rings. The summed E-state index contributed by atoms with van der Waals surface area (Å²) in [5.41, 5.74) is 2.23. The van der Waals surface area contributed by atoms with E-state index in [2.05, 4.69) is 20.7 Å². The fourth-order valence-corrected chi connectivity index (χ4v) is 3.43. The van der Waals surface area contributed by atoms with Gasteiger partial charge in [-0.25, -0.2) is 0 Å². The van der Waals surface area contributed by atoms with E-state index in [1.54, 1.807) is 19.4 Å². The Labute approximate surface area is 176 Å². The van der Waals surface area contributed by atoms with Gasteiger partial charge in [0.05, 0.1) is 18.5 Å². The van der Waals surface area contributed by atoms with Crippen molar-refractivity contribution in [1.82, 2.24) is 25.5 Å². The highest BCUT2D eigenvalue weighted by molar-refractivity contribution is 6.03. The number of nitrogens with one attached hydrogen (secondary N) is 1. The van der Waals surface area contributed by atoms with Crippen molar-refractivity contribution in [3.05, 3.63) is 66.2 Å². The molecule has 0 spiro atoms. The average Bonchev–Trinajstić information content (AvgIpc) is 3.42. The van der Waals surface area contributed by atoms with Gasteiger partial charge in [-0.3, -0.25) is 9.59 Å². The topological polar surface area (TPSA) is 115 Å². The van der Waals surface area contributed by atoms with Gasteiger partial charge in [-0.2, -0.15) is 4.80 Å². The van der Waals surface area contributed by atoms with E-state index in [-0.39, 0.29) is 18.3 Å². The molecule has 31 heavy (non-hydrogen) atoms. The number of hydrogen-bond acceptors (Lipinski definition) is 7. The molecule has 2 amide bonds. The largest absolute Gasteiger partial charge is 0.489 e. The lowest BCUT2D eigenvalue weighted by Crippen LogP contribution is -2.49. The van der Waals surface area contributed by atoms with Crippen molar-refractivity contribution in [1.29, 1.82) is 0 Å². The molecule has 0 aliphatic carbocycles. The summed E-state index contributed by atoms with van der Waals surface area (Å²) >= 11 is 0. The van der Waals surface area contributed by atoms with E-state index in [1.165, 1.54) is 9.70 Å². The Morgan fingerprint density at radius 1 is 1.23 bits per heavy atom.